The Kier molecular flexibility index (Phi) is 7.79. The smallest absolute Gasteiger partial charge is 0.143 e. The van der Waals surface area contributed by atoms with Gasteiger partial charge in [-0.1, -0.05) is 42.3 Å². The molecule has 0 spiro atoms. The summed E-state index contributed by atoms with van der Waals surface area (Å²) in [6.07, 6.45) is 14.3. The van der Waals surface area contributed by atoms with Gasteiger partial charge in [0, 0.05) is 10.8 Å². The minimum Gasteiger partial charge on any atom is -0.456 e. The van der Waals surface area contributed by atoms with E-state index >= 15 is 0 Å². The fourth-order valence-electron chi connectivity index (χ4n) is 4.92. The van der Waals surface area contributed by atoms with Gasteiger partial charge in [-0.3, -0.25) is 0 Å². The summed E-state index contributed by atoms with van der Waals surface area (Å²) in [4.78, 5) is 0. The lowest BCUT2D eigenvalue weighted by atomic mass is 10.1. The highest BCUT2D eigenvalue weighted by molar-refractivity contribution is 5.82. The molecule has 0 atom stereocenters. The van der Waals surface area contributed by atoms with Crippen molar-refractivity contribution in [1.82, 2.24) is 19.6 Å². The van der Waals surface area contributed by atoms with Gasteiger partial charge < -0.3 is 4.74 Å². The second-order valence-corrected chi connectivity index (χ2v) is 9.89. The second-order valence-electron chi connectivity index (χ2n) is 9.89. The Balaban J connectivity index is 1.49. The summed E-state index contributed by atoms with van der Waals surface area (Å²) in [5.41, 5.74) is 6.69. The molecule has 0 saturated heterocycles. The van der Waals surface area contributed by atoms with Gasteiger partial charge in [0.2, 0.25) is 0 Å². The third-order valence-electron chi connectivity index (χ3n) is 7.01. The Labute approximate surface area is 261 Å². The molecule has 208 valence electrons. The molecule has 5 heteroatoms. The lowest BCUT2D eigenvalue weighted by Crippen LogP contribution is -2.03. The van der Waals surface area contributed by atoms with Crippen molar-refractivity contribution in [3.8, 4) is 94.9 Å². The summed E-state index contributed by atoms with van der Waals surface area (Å²) in [6, 6.07) is 23.8. The van der Waals surface area contributed by atoms with Crippen molar-refractivity contribution < 1.29 is 4.74 Å². The Hall–Kier alpha value is -7.02. The molecule has 0 amide bonds. The number of para-hydroxylation sites is 2. The number of ether oxygens (including phenoxy) is 1. The normalized spacial score (nSPS) is 9.69. The second kappa shape index (κ2) is 12.5. The molecule has 45 heavy (non-hydrogen) atoms. The van der Waals surface area contributed by atoms with E-state index in [1.165, 1.54) is 0 Å². The number of nitrogens with zero attached hydrogens (tertiary/aromatic N) is 4. The monoisotopic (exact) mass is 574 g/mol. The molecule has 0 aliphatic rings. The third-order valence-corrected chi connectivity index (χ3v) is 7.01. The predicted molar refractivity (Wildman–Crippen MR) is 179 cm³/mol. The standard InChI is InChI=1S/C40H22N4O/c1-5-7-9-11-17-31-26-39(30(4)23-38(31)44-36-22-16-14-20-34(36)28-42-44)45-40-24-29(3)37(25-32(40)18-12-10-8-6-2)43-35-21-15-13-19-33(35)27-41-43/h1-2,13-16,19-28H,3-4H3. The molecule has 6 rings (SSSR count). The molecule has 0 fully saturated rings. The molecular weight excluding hydrogens is 552 g/mol. The predicted octanol–water partition coefficient (Wildman–Crippen LogP) is 6.75. The van der Waals surface area contributed by atoms with Crippen molar-refractivity contribution in [3.63, 3.8) is 0 Å². The van der Waals surface area contributed by atoms with Crippen LogP contribution in [0.4, 0.5) is 0 Å². The zero-order valence-corrected chi connectivity index (χ0v) is 24.4. The summed E-state index contributed by atoms with van der Waals surface area (Å²) < 4.78 is 10.3. The SMILES string of the molecule is C#CC#CC#Cc1cc(-n2ncc3ccccc32)c(C)cc1Oc1cc(C#CC#CC#C)c(-n2ncc3ccccc32)cc1C. The van der Waals surface area contributed by atoms with Crippen molar-refractivity contribution in [1.29, 1.82) is 0 Å². The Morgan fingerprint density at radius 1 is 0.578 bits per heavy atom. The first-order valence-electron chi connectivity index (χ1n) is 13.8. The summed E-state index contributed by atoms with van der Waals surface area (Å²) >= 11 is 0. The third kappa shape index (κ3) is 5.72. The maximum Gasteiger partial charge on any atom is 0.143 e. The molecule has 5 nitrogen and oxygen atoms in total. The lowest BCUT2D eigenvalue weighted by molar-refractivity contribution is 0.476. The molecule has 0 aliphatic heterocycles. The van der Waals surface area contributed by atoms with Crippen molar-refractivity contribution >= 4 is 21.8 Å². The van der Waals surface area contributed by atoms with Crippen LogP contribution in [0.15, 0.2) is 85.2 Å². The number of rotatable bonds is 4. The van der Waals surface area contributed by atoms with Crippen LogP contribution in [0.2, 0.25) is 0 Å². The van der Waals surface area contributed by atoms with Crippen molar-refractivity contribution in [3.05, 3.63) is 107 Å². The van der Waals surface area contributed by atoms with Gasteiger partial charge in [-0.15, -0.1) is 12.8 Å². The van der Waals surface area contributed by atoms with Crippen LogP contribution in [0.1, 0.15) is 22.3 Å². The summed E-state index contributed by atoms with van der Waals surface area (Å²) in [6.45, 7) is 3.98. The Morgan fingerprint density at radius 3 is 1.78 bits per heavy atom. The first-order valence-corrected chi connectivity index (χ1v) is 13.8. The van der Waals surface area contributed by atoms with Crippen LogP contribution in [0.25, 0.3) is 33.2 Å². The maximum absolute atomic E-state index is 6.58. The molecule has 2 aromatic heterocycles. The number of benzene rings is 4. The Bertz CT molecular complexity index is 2480. The fraction of sp³-hybridized carbons (Fsp3) is 0.0500. The Morgan fingerprint density at radius 2 is 1.16 bits per heavy atom. The van der Waals surface area contributed by atoms with E-state index < -0.39 is 0 Å². The molecule has 0 radical (unpaired) electrons. The fourth-order valence-corrected chi connectivity index (χ4v) is 4.92. The van der Waals surface area contributed by atoms with Gasteiger partial charge in [0.05, 0.1) is 45.9 Å². The zero-order chi connectivity index (χ0) is 31.2. The average molecular weight is 575 g/mol. The van der Waals surface area contributed by atoms with E-state index in [9.17, 15) is 0 Å². The van der Waals surface area contributed by atoms with E-state index in [0.29, 0.717) is 22.6 Å². The van der Waals surface area contributed by atoms with E-state index in [-0.39, 0.29) is 0 Å². The lowest BCUT2D eigenvalue weighted by Gasteiger charge is -2.16. The van der Waals surface area contributed by atoms with Crippen molar-refractivity contribution in [2.75, 3.05) is 0 Å². The molecule has 0 N–H and O–H groups in total. The van der Waals surface area contributed by atoms with Crippen LogP contribution < -0.4 is 4.74 Å². The van der Waals surface area contributed by atoms with Crippen LogP contribution in [0, 0.1) is 85.9 Å². The highest BCUT2D eigenvalue weighted by Gasteiger charge is 2.16. The van der Waals surface area contributed by atoms with Crippen LogP contribution in [0.3, 0.4) is 0 Å². The minimum atomic E-state index is 0.550. The molecule has 0 unspecified atom stereocenters. The largest absolute Gasteiger partial charge is 0.456 e. The van der Waals surface area contributed by atoms with Crippen LogP contribution >= 0.6 is 0 Å². The number of aryl methyl sites for hydroxylation is 2. The van der Waals surface area contributed by atoms with E-state index in [0.717, 1.165) is 44.3 Å². The number of fused-ring (bicyclic) bond motifs is 2. The highest BCUT2D eigenvalue weighted by atomic mass is 16.5. The number of aromatic nitrogens is 4. The highest BCUT2D eigenvalue weighted by Crippen LogP contribution is 2.35. The van der Waals surface area contributed by atoms with E-state index in [2.05, 4.69) is 69.4 Å². The average Bonchev–Trinajstić information content (AvgIpc) is 3.68. The van der Waals surface area contributed by atoms with Gasteiger partial charge in [0.1, 0.15) is 11.5 Å². The minimum absolute atomic E-state index is 0.550. The first kappa shape index (κ1) is 28.1. The molecule has 6 aromatic rings. The zero-order valence-electron chi connectivity index (χ0n) is 24.4. The van der Waals surface area contributed by atoms with Crippen molar-refractivity contribution in [2.45, 2.75) is 13.8 Å². The molecule has 4 aromatic carbocycles. The molecular formula is C40H22N4O. The van der Waals surface area contributed by atoms with Crippen molar-refractivity contribution in [2.24, 2.45) is 0 Å². The quantitative estimate of drug-likeness (QED) is 0.219. The van der Waals surface area contributed by atoms with Gasteiger partial charge in [-0.2, -0.15) is 10.2 Å². The van der Waals surface area contributed by atoms with E-state index in [4.69, 9.17) is 17.6 Å². The van der Waals surface area contributed by atoms with E-state index in [1.807, 2.05) is 108 Å². The summed E-state index contributed by atoms with van der Waals surface area (Å²) in [5, 5.41) is 11.3. The van der Waals surface area contributed by atoms with Crippen LogP contribution in [-0.4, -0.2) is 19.6 Å². The maximum atomic E-state index is 6.58. The first-order chi connectivity index (χ1) is 22.1. The van der Waals surface area contributed by atoms with E-state index in [1.54, 1.807) is 0 Å². The molecule has 2 heterocycles. The van der Waals surface area contributed by atoms with Gasteiger partial charge in [-0.05, 0) is 115 Å². The number of terminal acetylenes is 2. The molecule has 0 saturated carbocycles. The van der Waals surface area contributed by atoms with Gasteiger partial charge >= 0.3 is 0 Å². The molecule has 0 bridgehead atoms. The van der Waals surface area contributed by atoms with Crippen LogP contribution in [0.5, 0.6) is 11.5 Å². The summed E-state index contributed by atoms with van der Waals surface area (Å²) in [5.74, 6) is 28.1. The number of hydrogen-bond acceptors (Lipinski definition) is 3. The van der Waals surface area contributed by atoms with Gasteiger partial charge in [0.15, 0.2) is 0 Å². The van der Waals surface area contributed by atoms with Crippen LogP contribution in [-0.2, 0) is 0 Å². The topological polar surface area (TPSA) is 44.9 Å². The number of hydrogen-bond donors (Lipinski definition) is 0. The van der Waals surface area contributed by atoms with Gasteiger partial charge in [0.25, 0.3) is 0 Å². The summed E-state index contributed by atoms with van der Waals surface area (Å²) in [7, 11) is 0. The molecule has 0 aliphatic carbocycles. The van der Waals surface area contributed by atoms with Gasteiger partial charge in [-0.25, -0.2) is 9.36 Å².